The Morgan fingerprint density at radius 3 is 2.43 bits per heavy atom. The first-order chi connectivity index (χ1) is 6.77. The molecule has 0 aliphatic heterocycles. The van der Waals surface area contributed by atoms with Crippen molar-refractivity contribution in [2.75, 3.05) is 5.32 Å². The van der Waals surface area contributed by atoms with Gasteiger partial charge in [-0.1, -0.05) is 0 Å². The summed E-state index contributed by atoms with van der Waals surface area (Å²) < 4.78 is 3.65. The molecule has 2 rings (SSSR count). The summed E-state index contributed by atoms with van der Waals surface area (Å²) in [5.74, 6) is 1.01. The molecule has 1 N–H and O–H groups in total. The third kappa shape index (κ3) is 1.61. The van der Waals surface area contributed by atoms with Crippen LogP contribution in [0.25, 0.3) is 0 Å². The third-order valence-corrected chi connectivity index (χ3v) is 2.19. The van der Waals surface area contributed by atoms with Crippen LogP contribution in [0.4, 0.5) is 5.82 Å². The molecule has 0 unspecified atom stereocenters. The lowest BCUT2D eigenvalue weighted by Gasteiger charge is -2.06. The van der Waals surface area contributed by atoms with Gasteiger partial charge < -0.3 is 5.32 Å². The lowest BCUT2D eigenvalue weighted by molar-refractivity contribution is 0.713. The second kappa shape index (κ2) is 3.53. The van der Waals surface area contributed by atoms with E-state index in [2.05, 4.69) is 15.5 Å². The molecular formula is C9H13N5. The number of nitrogens with one attached hydrogen (secondary N) is 1. The smallest absolute Gasteiger partial charge is 0.124 e. The van der Waals surface area contributed by atoms with E-state index in [1.807, 2.05) is 30.9 Å². The number of hydrogen-bond donors (Lipinski definition) is 1. The highest BCUT2D eigenvalue weighted by molar-refractivity contribution is 5.33. The minimum Gasteiger partial charge on any atom is -0.365 e. The molecule has 2 heterocycles. The van der Waals surface area contributed by atoms with E-state index in [9.17, 15) is 0 Å². The zero-order chi connectivity index (χ0) is 9.97. The molecule has 2 aromatic rings. The highest BCUT2D eigenvalue weighted by Crippen LogP contribution is 2.06. The topological polar surface area (TPSA) is 47.7 Å². The average Bonchev–Trinajstić information content (AvgIpc) is 2.72. The molecule has 0 atom stereocenters. The van der Waals surface area contributed by atoms with Gasteiger partial charge >= 0.3 is 0 Å². The maximum atomic E-state index is 4.09. The molecule has 0 saturated heterocycles. The van der Waals surface area contributed by atoms with Crippen LogP contribution in [0.15, 0.2) is 24.5 Å². The Kier molecular flexibility index (Phi) is 2.22. The Morgan fingerprint density at radius 2 is 1.86 bits per heavy atom. The monoisotopic (exact) mass is 191 g/mol. The van der Waals surface area contributed by atoms with Crippen molar-refractivity contribution in [3.8, 4) is 0 Å². The summed E-state index contributed by atoms with van der Waals surface area (Å²) in [6, 6.07) is 3.93. The van der Waals surface area contributed by atoms with Gasteiger partial charge in [0.25, 0.3) is 0 Å². The maximum Gasteiger partial charge on any atom is 0.124 e. The molecule has 5 nitrogen and oxygen atoms in total. The van der Waals surface area contributed by atoms with Crippen LogP contribution in [0, 0.1) is 0 Å². The van der Waals surface area contributed by atoms with Crippen LogP contribution in [0.2, 0.25) is 0 Å². The maximum absolute atomic E-state index is 4.09. The molecule has 5 heteroatoms. The van der Waals surface area contributed by atoms with E-state index in [1.54, 1.807) is 17.1 Å². The molecule has 2 aromatic heterocycles. The predicted octanol–water partition coefficient (Wildman–Crippen LogP) is 0.766. The fraction of sp³-hybridized carbons (Fsp3) is 0.333. The Balaban J connectivity index is 2.02. The van der Waals surface area contributed by atoms with Crippen molar-refractivity contribution >= 4 is 5.82 Å². The van der Waals surface area contributed by atoms with Crippen LogP contribution < -0.4 is 5.32 Å². The van der Waals surface area contributed by atoms with Crippen LogP contribution in [0.3, 0.4) is 0 Å². The van der Waals surface area contributed by atoms with Crippen molar-refractivity contribution in [1.29, 1.82) is 0 Å². The molecule has 0 aromatic carbocycles. The summed E-state index contributed by atoms with van der Waals surface area (Å²) in [5.41, 5.74) is 1.14. The predicted molar refractivity (Wildman–Crippen MR) is 53.7 cm³/mol. The largest absolute Gasteiger partial charge is 0.365 e. The van der Waals surface area contributed by atoms with Crippen LogP contribution in [0.1, 0.15) is 5.69 Å². The summed E-state index contributed by atoms with van der Waals surface area (Å²) in [4.78, 5) is 0. The van der Waals surface area contributed by atoms with Gasteiger partial charge in [-0.25, -0.2) is 0 Å². The second-order valence-electron chi connectivity index (χ2n) is 3.14. The summed E-state index contributed by atoms with van der Waals surface area (Å²) >= 11 is 0. The molecule has 74 valence electrons. The zero-order valence-electron chi connectivity index (χ0n) is 8.31. The Bertz CT molecular complexity index is 374. The Labute approximate surface area is 82.3 Å². The number of aromatic nitrogens is 4. The first-order valence-corrected chi connectivity index (χ1v) is 4.46. The molecule has 0 aliphatic rings. The molecule has 0 radical (unpaired) electrons. The molecule has 0 saturated carbocycles. The molecule has 0 spiro atoms. The van der Waals surface area contributed by atoms with E-state index >= 15 is 0 Å². The first kappa shape index (κ1) is 8.80. The summed E-state index contributed by atoms with van der Waals surface area (Å²) in [6.45, 7) is 0.760. The lowest BCUT2D eigenvalue weighted by atomic mass is 10.4. The van der Waals surface area contributed by atoms with E-state index in [1.165, 1.54) is 0 Å². The molecule has 0 amide bonds. The fourth-order valence-corrected chi connectivity index (χ4v) is 1.30. The van der Waals surface area contributed by atoms with Crippen molar-refractivity contribution in [1.82, 2.24) is 19.6 Å². The number of rotatable bonds is 3. The van der Waals surface area contributed by atoms with Crippen LogP contribution in [-0.2, 0) is 20.6 Å². The number of hydrogen-bond acceptors (Lipinski definition) is 3. The highest BCUT2D eigenvalue weighted by atomic mass is 15.3. The first-order valence-electron chi connectivity index (χ1n) is 4.46. The zero-order valence-corrected chi connectivity index (χ0v) is 8.31. The van der Waals surface area contributed by atoms with Gasteiger partial charge in [-0.2, -0.15) is 10.2 Å². The SMILES string of the molecule is Cn1nccc1CNc1ccnn1C. The molecule has 14 heavy (non-hydrogen) atoms. The summed E-state index contributed by atoms with van der Waals surface area (Å²) in [6.07, 6.45) is 3.56. The van der Waals surface area contributed by atoms with E-state index in [0.717, 1.165) is 18.1 Å². The molecule has 0 fully saturated rings. The summed E-state index contributed by atoms with van der Waals surface area (Å²) in [7, 11) is 3.84. The van der Waals surface area contributed by atoms with E-state index < -0.39 is 0 Å². The van der Waals surface area contributed by atoms with Gasteiger partial charge in [0.1, 0.15) is 5.82 Å². The van der Waals surface area contributed by atoms with Crippen LogP contribution in [0.5, 0.6) is 0 Å². The van der Waals surface area contributed by atoms with Gasteiger partial charge in [0.05, 0.1) is 18.4 Å². The van der Waals surface area contributed by atoms with E-state index in [4.69, 9.17) is 0 Å². The van der Waals surface area contributed by atoms with Gasteiger partial charge in [0, 0.05) is 26.4 Å². The van der Waals surface area contributed by atoms with Gasteiger partial charge in [0.2, 0.25) is 0 Å². The number of anilines is 1. The molecule has 0 bridgehead atoms. The number of aryl methyl sites for hydroxylation is 2. The Morgan fingerprint density at radius 1 is 1.14 bits per heavy atom. The van der Waals surface area contributed by atoms with Crippen molar-refractivity contribution < 1.29 is 0 Å². The minimum atomic E-state index is 0.760. The van der Waals surface area contributed by atoms with Gasteiger partial charge in [-0.05, 0) is 6.07 Å². The van der Waals surface area contributed by atoms with Crippen LogP contribution >= 0.6 is 0 Å². The standard InChI is InChI=1S/C9H13N5/c1-13-8(3-5-11-13)7-10-9-4-6-12-14(9)2/h3-6,10H,7H2,1-2H3. The second-order valence-corrected chi connectivity index (χ2v) is 3.14. The third-order valence-electron chi connectivity index (χ3n) is 2.19. The fourth-order valence-electron chi connectivity index (χ4n) is 1.30. The highest BCUT2D eigenvalue weighted by Gasteiger charge is 2.00. The van der Waals surface area contributed by atoms with Gasteiger partial charge in [0.15, 0.2) is 0 Å². The van der Waals surface area contributed by atoms with Crippen LogP contribution in [-0.4, -0.2) is 19.6 Å². The van der Waals surface area contributed by atoms with Crippen molar-refractivity contribution in [2.24, 2.45) is 14.1 Å². The Hall–Kier alpha value is -1.78. The molecular weight excluding hydrogens is 178 g/mol. The summed E-state index contributed by atoms with van der Waals surface area (Å²) in [5, 5.41) is 11.4. The molecule has 0 aliphatic carbocycles. The average molecular weight is 191 g/mol. The number of nitrogens with zero attached hydrogens (tertiary/aromatic N) is 4. The minimum absolute atomic E-state index is 0.760. The van der Waals surface area contributed by atoms with Gasteiger partial charge in [-0.15, -0.1) is 0 Å². The van der Waals surface area contributed by atoms with Crippen molar-refractivity contribution in [2.45, 2.75) is 6.54 Å². The van der Waals surface area contributed by atoms with Gasteiger partial charge in [-0.3, -0.25) is 9.36 Å². The van der Waals surface area contributed by atoms with Crippen molar-refractivity contribution in [3.63, 3.8) is 0 Å². The lowest BCUT2D eigenvalue weighted by Crippen LogP contribution is -2.08. The van der Waals surface area contributed by atoms with E-state index in [-0.39, 0.29) is 0 Å². The van der Waals surface area contributed by atoms with E-state index in [0.29, 0.717) is 0 Å². The normalized spacial score (nSPS) is 10.4. The van der Waals surface area contributed by atoms with Crippen molar-refractivity contribution in [3.05, 3.63) is 30.2 Å². The quantitative estimate of drug-likeness (QED) is 0.779.